The second-order valence-electron chi connectivity index (χ2n) is 1.52. The molecule has 0 saturated heterocycles. The zero-order valence-electron chi connectivity index (χ0n) is 4.94. The normalized spacial score (nSPS) is 12.2. The van der Waals surface area contributed by atoms with E-state index in [2.05, 4.69) is 30.2 Å². The summed E-state index contributed by atoms with van der Waals surface area (Å²) in [6.07, 6.45) is 0. The molecule has 0 bridgehead atoms. The topological polar surface area (TPSA) is 69.6 Å². The first-order valence-electron chi connectivity index (χ1n) is 2.41. The third kappa shape index (κ3) is 3.65. The number of nitrogens with one attached hydrogen (secondary N) is 1. The number of aliphatic hydroxyl groups is 1. The van der Waals surface area contributed by atoms with E-state index in [0.717, 1.165) is 0 Å². The number of aliphatic hydroxyl groups excluding tert-OH is 1. The Balaban J connectivity index is 3.83. The molecule has 0 aliphatic heterocycles. The average Bonchev–Trinajstić information content (AvgIpc) is 1.81. The standard InChI is InChI=1S/C4H7NO3S2/c6-1-2(3(7)8)5-4(9)10/h2,6H,1H2,(H,7,8)(H2,5,9,10)/t2-/m0/s1. The van der Waals surface area contributed by atoms with Gasteiger partial charge in [0, 0.05) is 0 Å². The number of carboxylic acids is 1. The van der Waals surface area contributed by atoms with Gasteiger partial charge in [-0.25, -0.2) is 4.79 Å². The Bertz CT molecular complexity index is 149. The summed E-state index contributed by atoms with van der Waals surface area (Å²) in [5.74, 6) is -1.15. The number of aliphatic carboxylic acids is 1. The predicted molar refractivity (Wildman–Crippen MR) is 43.2 cm³/mol. The Morgan fingerprint density at radius 2 is 2.30 bits per heavy atom. The van der Waals surface area contributed by atoms with Gasteiger partial charge in [0.1, 0.15) is 10.4 Å². The molecule has 0 unspecified atom stereocenters. The molecule has 6 heteroatoms. The van der Waals surface area contributed by atoms with Crippen LogP contribution < -0.4 is 5.32 Å². The molecule has 0 heterocycles. The molecule has 0 aromatic heterocycles. The van der Waals surface area contributed by atoms with Gasteiger partial charge in [-0.1, -0.05) is 12.2 Å². The van der Waals surface area contributed by atoms with Crippen molar-refractivity contribution in [3.63, 3.8) is 0 Å². The van der Waals surface area contributed by atoms with Crippen LogP contribution in [-0.2, 0) is 4.79 Å². The van der Waals surface area contributed by atoms with Crippen molar-refractivity contribution in [1.82, 2.24) is 5.32 Å². The summed E-state index contributed by atoms with van der Waals surface area (Å²) in [4.78, 5) is 10.1. The van der Waals surface area contributed by atoms with Crippen LogP contribution in [0.2, 0.25) is 0 Å². The summed E-state index contributed by atoms with van der Waals surface area (Å²) in [5, 5.41) is 19.0. The quantitative estimate of drug-likeness (QED) is 0.340. The molecule has 0 radical (unpaired) electrons. The number of carboxylic acid groups (broad SMARTS) is 1. The zero-order chi connectivity index (χ0) is 8.15. The van der Waals surface area contributed by atoms with Crippen molar-refractivity contribution in [2.45, 2.75) is 6.04 Å². The van der Waals surface area contributed by atoms with Crippen LogP contribution in [-0.4, -0.2) is 33.2 Å². The highest BCUT2D eigenvalue weighted by Crippen LogP contribution is 1.85. The van der Waals surface area contributed by atoms with Gasteiger partial charge < -0.3 is 15.5 Å². The van der Waals surface area contributed by atoms with Crippen molar-refractivity contribution < 1.29 is 15.0 Å². The van der Waals surface area contributed by atoms with Gasteiger partial charge in [0.05, 0.1) is 6.61 Å². The van der Waals surface area contributed by atoms with Gasteiger partial charge in [0.15, 0.2) is 0 Å². The van der Waals surface area contributed by atoms with Crippen molar-refractivity contribution >= 4 is 35.1 Å². The minimum absolute atomic E-state index is 0.0569. The summed E-state index contributed by atoms with van der Waals surface area (Å²) >= 11 is 8.07. The zero-order valence-corrected chi connectivity index (χ0v) is 6.65. The maximum atomic E-state index is 10.1. The van der Waals surface area contributed by atoms with Crippen LogP contribution in [0.4, 0.5) is 0 Å². The lowest BCUT2D eigenvalue weighted by molar-refractivity contribution is -0.139. The highest BCUT2D eigenvalue weighted by atomic mass is 32.1. The Morgan fingerprint density at radius 1 is 1.80 bits per heavy atom. The number of rotatable bonds is 3. The molecule has 4 nitrogen and oxygen atoms in total. The fraction of sp³-hybridized carbons (Fsp3) is 0.500. The largest absolute Gasteiger partial charge is 0.480 e. The van der Waals surface area contributed by atoms with Crippen LogP contribution in [0.25, 0.3) is 0 Å². The molecule has 0 saturated carbocycles. The fourth-order valence-corrected chi connectivity index (χ4v) is 0.633. The third-order valence-corrected chi connectivity index (χ3v) is 1.03. The summed E-state index contributed by atoms with van der Waals surface area (Å²) in [5.41, 5.74) is 0. The first-order valence-corrected chi connectivity index (χ1v) is 3.26. The lowest BCUT2D eigenvalue weighted by Gasteiger charge is -2.09. The number of carbonyl (C=O) groups is 1. The van der Waals surface area contributed by atoms with Gasteiger partial charge in [0.25, 0.3) is 0 Å². The molecule has 0 aromatic carbocycles. The van der Waals surface area contributed by atoms with Gasteiger partial charge in [-0.2, -0.15) is 0 Å². The molecule has 58 valence electrons. The molecule has 0 aromatic rings. The first kappa shape index (κ1) is 9.67. The molecule has 0 aliphatic carbocycles. The monoisotopic (exact) mass is 181 g/mol. The van der Waals surface area contributed by atoms with E-state index in [4.69, 9.17) is 10.2 Å². The molecule has 0 amide bonds. The summed E-state index contributed by atoms with van der Waals surface area (Å²) in [7, 11) is 0. The molecule has 10 heavy (non-hydrogen) atoms. The molecular formula is C4H7NO3S2. The van der Waals surface area contributed by atoms with Crippen molar-refractivity contribution in [3.05, 3.63) is 0 Å². The third-order valence-electron chi connectivity index (χ3n) is 0.778. The SMILES string of the molecule is O=C(O)[C@H](CO)NC(=S)S. The van der Waals surface area contributed by atoms with Gasteiger partial charge in [-0.15, -0.1) is 12.6 Å². The van der Waals surface area contributed by atoms with Crippen LogP contribution in [0.3, 0.4) is 0 Å². The molecule has 0 aliphatic rings. The number of hydrogen-bond donors (Lipinski definition) is 4. The van der Waals surface area contributed by atoms with Crippen LogP contribution in [0.1, 0.15) is 0 Å². The number of thiol groups is 1. The van der Waals surface area contributed by atoms with Crippen molar-refractivity contribution in [3.8, 4) is 0 Å². The molecular weight excluding hydrogens is 174 g/mol. The van der Waals surface area contributed by atoms with Gasteiger partial charge >= 0.3 is 5.97 Å². The Morgan fingerprint density at radius 3 is 2.40 bits per heavy atom. The summed E-state index contributed by atoms with van der Waals surface area (Å²) < 4.78 is 0.0569. The highest BCUT2D eigenvalue weighted by Gasteiger charge is 2.14. The molecule has 3 N–H and O–H groups in total. The van der Waals surface area contributed by atoms with E-state index >= 15 is 0 Å². The molecule has 0 rings (SSSR count). The summed E-state index contributed by atoms with van der Waals surface area (Å²) in [6, 6.07) is -1.05. The predicted octanol–water partition coefficient (Wildman–Crippen LogP) is -0.764. The minimum atomic E-state index is -1.15. The van der Waals surface area contributed by atoms with Gasteiger partial charge in [0.2, 0.25) is 0 Å². The molecule has 1 atom stereocenters. The Kier molecular flexibility index (Phi) is 4.33. The van der Waals surface area contributed by atoms with Crippen LogP contribution in [0.15, 0.2) is 0 Å². The lowest BCUT2D eigenvalue weighted by atomic mass is 10.3. The molecule has 0 fully saturated rings. The van der Waals surface area contributed by atoms with E-state index in [-0.39, 0.29) is 4.32 Å². The van der Waals surface area contributed by atoms with Crippen molar-refractivity contribution in [2.75, 3.05) is 6.61 Å². The van der Waals surface area contributed by atoms with Crippen LogP contribution in [0.5, 0.6) is 0 Å². The van der Waals surface area contributed by atoms with Crippen molar-refractivity contribution in [2.24, 2.45) is 0 Å². The maximum Gasteiger partial charge on any atom is 0.328 e. The van der Waals surface area contributed by atoms with E-state index in [1.54, 1.807) is 0 Å². The van der Waals surface area contributed by atoms with E-state index in [1.165, 1.54) is 0 Å². The van der Waals surface area contributed by atoms with E-state index in [0.29, 0.717) is 0 Å². The van der Waals surface area contributed by atoms with Gasteiger partial charge in [-0.05, 0) is 0 Å². The van der Waals surface area contributed by atoms with E-state index in [1.807, 2.05) is 0 Å². The highest BCUT2D eigenvalue weighted by molar-refractivity contribution is 8.11. The van der Waals surface area contributed by atoms with Crippen LogP contribution >= 0.6 is 24.8 Å². The summed E-state index contributed by atoms with van der Waals surface area (Å²) in [6.45, 7) is -0.504. The Hall–Kier alpha value is -0.330. The van der Waals surface area contributed by atoms with Crippen LogP contribution in [0, 0.1) is 0 Å². The second kappa shape index (κ2) is 4.48. The smallest absolute Gasteiger partial charge is 0.328 e. The van der Waals surface area contributed by atoms with E-state index < -0.39 is 18.6 Å². The first-order chi connectivity index (χ1) is 4.57. The molecule has 0 spiro atoms. The van der Waals surface area contributed by atoms with Crippen molar-refractivity contribution in [1.29, 1.82) is 0 Å². The fourth-order valence-electron chi connectivity index (χ4n) is 0.335. The minimum Gasteiger partial charge on any atom is -0.480 e. The average molecular weight is 181 g/mol. The van der Waals surface area contributed by atoms with E-state index in [9.17, 15) is 4.79 Å². The maximum absolute atomic E-state index is 10.1. The Labute approximate surface area is 68.6 Å². The second-order valence-corrected chi connectivity index (χ2v) is 2.68. The van der Waals surface area contributed by atoms with Gasteiger partial charge in [-0.3, -0.25) is 0 Å². The number of thiocarbonyl (C=S) groups is 1. The lowest BCUT2D eigenvalue weighted by Crippen LogP contribution is -2.40. The number of hydrogen-bond acceptors (Lipinski definition) is 3.